The van der Waals surface area contributed by atoms with Crippen molar-refractivity contribution < 1.29 is 8.42 Å². The van der Waals surface area contributed by atoms with Crippen molar-refractivity contribution >= 4 is 16.2 Å². The number of aryl methyl sites for hydroxylation is 2. The molecule has 0 aliphatic heterocycles. The van der Waals surface area contributed by atoms with Gasteiger partial charge in [-0.3, -0.25) is 0 Å². The molecule has 0 aromatic heterocycles. The number of nitrogens with one attached hydrogen (secondary N) is 1. The quantitative estimate of drug-likeness (QED) is 0.675. The van der Waals surface area contributed by atoms with Crippen molar-refractivity contribution in [2.24, 2.45) is 5.10 Å². The van der Waals surface area contributed by atoms with Crippen molar-refractivity contribution in [3.8, 4) is 0 Å². The summed E-state index contributed by atoms with van der Waals surface area (Å²) in [7, 11) is -3.70. The highest BCUT2D eigenvalue weighted by Crippen LogP contribution is 2.26. The Morgan fingerprint density at radius 1 is 1.00 bits per heavy atom. The van der Waals surface area contributed by atoms with E-state index in [1.165, 1.54) is 6.21 Å². The van der Waals surface area contributed by atoms with Crippen molar-refractivity contribution in [1.82, 2.24) is 4.83 Å². The molecule has 0 amide bonds. The predicted octanol–water partition coefficient (Wildman–Crippen LogP) is 3.91. The van der Waals surface area contributed by atoms with Gasteiger partial charge in [0.05, 0.1) is 11.1 Å². The molecule has 0 fully saturated rings. The molecule has 2 aromatic rings. The number of benzene rings is 2. The molecule has 2 aromatic carbocycles. The van der Waals surface area contributed by atoms with Crippen LogP contribution in [0.1, 0.15) is 43.0 Å². The van der Waals surface area contributed by atoms with Crippen LogP contribution < -0.4 is 4.83 Å². The first-order valence-corrected chi connectivity index (χ1v) is 9.30. The highest BCUT2D eigenvalue weighted by atomic mass is 32.2. The number of sulfonamides is 1. The first kappa shape index (κ1) is 18.2. The Morgan fingerprint density at radius 3 is 2.21 bits per heavy atom. The van der Waals surface area contributed by atoms with Crippen molar-refractivity contribution in [2.45, 2.75) is 44.9 Å². The van der Waals surface area contributed by atoms with Crippen LogP contribution in [0.15, 0.2) is 52.5 Å². The molecule has 0 aliphatic carbocycles. The highest BCUT2D eigenvalue weighted by molar-refractivity contribution is 7.89. The molecule has 128 valence electrons. The van der Waals surface area contributed by atoms with Crippen LogP contribution in [-0.2, 0) is 15.4 Å². The summed E-state index contributed by atoms with van der Waals surface area (Å²) in [4.78, 5) is 2.56. The van der Waals surface area contributed by atoms with Crippen LogP contribution in [0.25, 0.3) is 0 Å². The van der Waals surface area contributed by atoms with E-state index in [0.717, 1.165) is 16.7 Å². The monoisotopic (exact) mass is 344 g/mol. The van der Waals surface area contributed by atoms with Gasteiger partial charge in [0.1, 0.15) is 0 Å². The molecule has 5 heteroatoms. The van der Waals surface area contributed by atoms with Gasteiger partial charge in [0.25, 0.3) is 10.0 Å². The molecular weight excluding hydrogens is 320 g/mol. The second kappa shape index (κ2) is 6.77. The molecule has 0 unspecified atom stereocenters. The summed E-state index contributed by atoms with van der Waals surface area (Å²) < 4.78 is 25.1. The van der Waals surface area contributed by atoms with Gasteiger partial charge < -0.3 is 0 Å². The topological polar surface area (TPSA) is 58.5 Å². The first-order chi connectivity index (χ1) is 11.1. The smallest absolute Gasteiger partial charge is 0.200 e. The van der Waals surface area contributed by atoms with E-state index in [4.69, 9.17) is 0 Å². The summed E-state index contributed by atoms with van der Waals surface area (Å²) in [5.41, 5.74) is 3.52. The summed E-state index contributed by atoms with van der Waals surface area (Å²) in [6.07, 6.45) is 1.50. The average molecular weight is 344 g/mol. The summed E-state index contributed by atoms with van der Waals surface area (Å²) in [6.45, 7) is 9.93. The predicted molar refractivity (Wildman–Crippen MR) is 99.0 cm³/mol. The summed E-state index contributed by atoms with van der Waals surface area (Å²) in [5.74, 6) is 0. The van der Waals surface area contributed by atoms with E-state index in [0.29, 0.717) is 5.56 Å². The Kier molecular flexibility index (Phi) is 5.13. The second-order valence-electron chi connectivity index (χ2n) is 6.99. The standard InChI is InChI=1S/C19H24N2O2S/c1-14-6-9-16(10-7-14)13-20-21-24(22,23)18-12-17(19(3,4)5)11-8-15(18)2/h6-13,21H,1-5H3/b20-13+. The van der Waals surface area contributed by atoms with Crippen LogP contribution in [0.2, 0.25) is 0 Å². The Hall–Kier alpha value is -2.14. The maximum Gasteiger partial charge on any atom is 0.276 e. The van der Waals surface area contributed by atoms with Crippen molar-refractivity contribution in [3.05, 3.63) is 64.7 Å². The molecule has 0 atom stereocenters. The first-order valence-electron chi connectivity index (χ1n) is 7.82. The Labute approximate surface area is 144 Å². The van der Waals surface area contributed by atoms with Crippen molar-refractivity contribution in [1.29, 1.82) is 0 Å². The molecule has 0 bridgehead atoms. The average Bonchev–Trinajstić information content (AvgIpc) is 2.48. The SMILES string of the molecule is Cc1ccc(/C=N/NS(=O)(=O)c2cc(C(C)(C)C)ccc2C)cc1. The largest absolute Gasteiger partial charge is 0.276 e. The Balaban J connectivity index is 2.25. The number of rotatable bonds is 4. The lowest BCUT2D eigenvalue weighted by atomic mass is 9.87. The zero-order valence-electron chi connectivity index (χ0n) is 14.8. The second-order valence-corrected chi connectivity index (χ2v) is 8.62. The maximum atomic E-state index is 12.6. The summed E-state index contributed by atoms with van der Waals surface area (Å²) in [6, 6.07) is 13.2. The normalized spacial score (nSPS) is 12.5. The third-order valence-electron chi connectivity index (χ3n) is 3.81. The minimum atomic E-state index is -3.70. The van der Waals surface area contributed by atoms with Gasteiger partial charge in [0, 0.05) is 0 Å². The van der Waals surface area contributed by atoms with Gasteiger partial charge >= 0.3 is 0 Å². The molecular formula is C19H24N2O2S. The molecule has 0 spiro atoms. The Bertz CT molecular complexity index is 846. The number of hydrogen-bond acceptors (Lipinski definition) is 3. The van der Waals surface area contributed by atoms with Crippen molar-refractivity contribution in [3.63, 3.8) is 0 Å². The van der Waals surface area contributed by atoms with E-state index in [2.05, 4.69) is 30.7 Å². The molecule has 0 saturated heterocycles. The van der Waals surface area contributed by atoms with E-state index in [9.17, 15) is 8.42 Å². The summed E-state index contributed by atoms with van der Waals surface area (Å²) >= 11 is 0. The lowest BCUT2D eigenvalue weighted by molar-refractivity contribution is 0.577. The van der Waals surface area contributed by atoms with Gasteiger partial charge in [-0.1, -0.05) is 62.7 Å². The van der Waals surface area contributed by atoms with Crippen LogP contribution in [0.3, 0.4) is 0 Å². The fourth-order valence-electron chi connectivity index (χ4n) is 2.23. The van der Waals surface area contributed by atoms with Gasteiger partial charge in [0.2, 0.25) is 0 Å². The van der Waals surface area contributed by atoms with E-state index in [1.807, 2.05) is 43.3 Å². The minimum absolute atomic E-state index is 0.122. The number of hydrogen-bond donors (Lipinski definition) is 1. The molecule has 0 heterocycles. The van der Waals surface area contributed by atoms with Crippen LogP contribution in [0, 0.1) is 13.8 Å². The van der Waals surface area contributed by atoms with Gasteiger partial charge in [-0.05, 0) is 42.0 Å². The lowest BCUT2D eigenvalue weighted by Gasteiger charge is -2.20. The van der Waals surface area contributed by atoms with Crippen LogP contribution in [0.4, 0.5) is 0 Å². The molecule has 2 rings (SSSR count). The molecule has 0 saturated carbocycles. The highest BCUT2D eigenvalue weighted by Gasteiger charge is 2.20. The maximum absolute atomic E-state index is 12.6. The molecule has 4 nitrogen and oxygen atoms in total. The van der Waals surface area contributed by atoms with Gasteiger partial charge in [-0.25, -0.2) is 4.83 Å². The number of hydrazone groups is 1. The van der Waals surface area contributed by atoms with Gasteiger partial charge in [0.15, 0.2) is 0 Å². The van der Waals surface area contributed by atoms with Crippen molar-refractivity contribution in [2.75, 3.05) is 0 Å². The lowest BCUT2D eigenvalue weighted by Crippen LogP contribution is -2.21. The van der Waals surface area contributed by atoms with Crippen LogP contribution in [0.5, 0.6) is 0 Å². The Morgan fingerprint density at radius 2 is 1.62 bits per heavy atom. The number of nitrogens with zero attached hydrogens (tertiary/aromatic N) is 1. The van der Waals surface area contributed by atoms with Crippen LogP contribution in [-0.4, -0.2) is 14.6 Å². The molecule has 0 aliphatic rings. The van der Waals surface area contributed by atoms with E-state index in [-0.39, 0.29) is 10.3 Å². The van der Waals surface area contributed by atoms with E-state index >= 15 is 0 Å². The third kappa shape index (κ3) is 4.45. The fraction of sp³-hybridized carbons (Fsp3) is 0.316. The van der Waals surface area contributed by atoms with E-state index in [1.54, 1.807) is 13.0 Å². The van der Waals surface area contributed by atoms with Gasteiger partial charge in [-0.15, -0.1) is 0 Å². The summed E-state index contributed by atoms with van der Waals surface area (Å²) in [5, 5.41) is 3.89. The molecule has 0 radical (unpaired) electrons. The van der Waals surface area contributed by atoms with Gasteiger partial charge in [-0.2, -0.15) is 13.5 Å². The molecule has 1 N–H and O–H groups in total. The van der Waals surface area contributed by atoms with Crippen LogP contribution >= 0.6 is 0 Å². The van der Waals surface area contributed by atoms with E-state index < -0.39 is 10.0 Å². The zero-order chi connectivity index (χ0) is 18.0. The third-order valence-corrected chi connectivity index (χ3v) is 5.17. The fourth-order valence-corrected chi connectivity index (χ4v) is 3.29. The zero-order valence-corrected chi connectivity index (χ0v) is 15.6. The molecule has 24 heavy (non-hydrogen) atoms. The minimum Gasteiger partial charge on any atom is -0.200 e.